The van der Waals surface area contributed by atoms with E-state index in [2.05, 4.69) is 5.32 Å². The molecule has 0 aliphatic rings. The van der Waals surface area contributed by atoms with Crippen molar-refractivity contribution in [3.8, 4) is 0 Å². The maximum absolute atomic E-state index is 11.9. The number of carbonyl (C=O) groups excluding carboxylic acids is 2. The Kier molecular flexibility index (Phi) is 9.94. The summed E-state index contributed by atoms with van der Waals surface area (Å²) in [6.45, 7) is -0.873. The third-order valence-corrected chi connectivity index (χ3v) is 3.42. The van der Waals surface area contributed by atoms with Crippen LogP contribution in [-0.4, -0.2) is 75.8 Å². The molecule has 3 atom stereocenters. The van der Waals surface area contributed by atoms with Gasteiger partial charge in [-0.05, 0) is 18.4 Å². The van der Waals surface area contributed by atoms with E-state index in [1.165, 1.54) is 11.8 Å². The van der Waals surface area contributed by atoms with E-state index < -0.39 is 54.9 Å². The first-order chi connectivity index (χ1) is 10.7. The highest BCUT2D eigenvalue weighted by Gasteiger charge is 2.29. The molecule has 132 valence electrons. The molecular formula is C12H21N3O7S. The number of nitrogens with two attached hydrogens (primary N) is 1. The second-order valence-electron chi connectivity index (χ2n) is 4.63. The van der Waals surface area contributed by atoms with Crippen LogP contribution < -0.4 is 16.4 Å². The molecule has 0 aromatic carbocycles. The normalized spacial score (nSPS) is 14.4. The van der Waals surface area contributed by atoms with Gasteiger partial charge in [0, 0.05) is 0 Å². The highest BCUT2D eigenvalue weighted by atomic mass is 32.2. The summed E-state index contributed by atoms with van der Waals surface area (Å²) >= 11 is 1.47. The van der Waals surface area contributed by atoms with Gasteiger partial charge in [0.05, 0.1) is 19.1 Å². The monoisotopic (exact) mass is 351 g/mol. The fourth-order valence-corrected chi connectivity index (χ4v) is 1.99. The van der Waals surface area contributed by atoms with Gasteiger partial charge in [-0.25, -0.2) is 4.79 Å². The predicted octanol–water partition coefficient (Wildman–Crippen LogP) is -2.41. The van der Waals surface area contributed by atoms with Crippen LogP contribution in [0.15, 0.2) is 0 Å². The second kappa shape index (κ2) is 10.8. The van der Waals surface area contributed by atoms with E-state index in [0.717, 1.165) is 0 Å². The number of rotatable bonds is 11. The molecule has 2 amide bonds. The smallest absolute Gasteiger partial charge is 0.328 e. The van der Waals surface area contributed by atoms with Gasteiger partial charge < -0.3 is 31.7 Å². The minimum atomic E-state index is -1.60. The molecule has 0 aromatic heterocycles. The van der Waals surface area contributed by atoms with Crippen LogP contribution in [0.3, 0.4) is 0 Å². The first-order valence-corrected chi connectivity index (χ1v) is 8.03. The van der Waals surface area contributed by atoms with Crippen molar-refractivity contribution in [2.24, 2.45) is 5.73 Å². The lowest BCUT2D eigenvalue weighted by Gasteiger charge is -2.21. The zero-order valence-electron chi connectivity index (χ0n) is 12.5. The molecule has 0 heterocycles. The number of carboxylic acid groups (broad SMARTS) is 2. The van der Waals surface area contributed by atoms with E-state index in [9.17, 15) is 19.2 Å². The predicted molar refractivity (Wildman–Crippen MR) is 81.8 cm³/mol. The fraction of sp³-hybridized carbons (Fsp3) is 0.667. The van der Waals surface area contributed by atoms with Crippen molar-refractivity contribution in [1.82, 2.24) is 10.6 Å². The van der Waals surface area contributed by atoms with Gasteiger partial charge in [0.1, 0.15) is 12.1 Å². The van der Waals surface area contributed by atoms with Gasteiger partial charge in [0.25, 0.3) is 0 Å². The quantitative estimate of drug-likeness (QED) is 0.236. The van der Waals surface area contributed by atoms with Crippen molar-refractivity contribution in [3.63, 3.8) is 0 Å². The average molecular weight is 351 g/mol. The number of hydrogen-bond acceptors (Lipinski definition) is 7. The number of carbonyl (C=O) groups is 4. The molecule has 0 rings (SSSR count). The Morgan fingerprint density at radius 3 is 2.09 bits per heavy atom. The van der Waals surface area contributed by atoms with Gasteiger partial charge in [-0.1, -0.05) is 0 Å². The Hall–Kier alpha value is -1.85. The first-order valence-electron chi connectivity index (χ1n) is 6.63. The minimum absolute atomic E-state index is 0.336. The lowest BCUT2D eigenvalue weighted by Crippen LogP contribution is -2.55. The number of nitrogens with one attached hydrogen (secondary N) is 2. The molecule has 0 fully saturated rings. The molecule has 11 heteroatoms. The van der Waals surface area contributed by atoms with Crippen molar-refractivity contribution >= 4 is 35.5 Å². The molecule has 7 N–H and O–H groups in total. The molecule has 23 heavy (non-hydrogen) atoms. The Bertz CT molecular complexity index is 446. The van der Waals surface area contributed by atoms with E-state index in [0.29, 0.717) is 12.2 Å². The number of thioether (sulfide) groups is 1. The van der Waals surface area contributed by atoms with Crippen molar-refractivity contribution in [1.29, 1.82) is 0 Å². The van der Waals surface area contributed by atoms with Crippen LogP contribution in [0.1, 0.15) is 12.8 Å². The average Bonchev–Trinajstić information content (AvgIpc) is 2.48. The van der Waals surface area contributed by atoms with Gasteiger partial charge in [-0.2, -0.15) is 11.8 Å². The first kappa shape index (κ1) is 21.1. The Morgan fingerprint density at radius 1 is 1.09 bits per heavy atom. The van der Waals surface area contributed by atoms with Gasteiger partial charge in [-0.15, -0.1) is 0 Å². The van der Waals surface area contributed by atoms with E-state index in [1.807, 2.05) is 11.6 Å². The summed E-state index contributed by atoms with van der Waals surface area (Å²) in [5, 5.41) is 30.5. The third-order valence-electron chi connectivity index (χ3n) is 2.78. The topological polar surface area (TPSA) is 179 Å². The highest BCUT2D eigenvalue weighted by molar-refractivity contribution is 7.98. The van der Waals surface area contributed by atoms with E-state index in [-0.39, 0.29) is 0 Å². The lowest BCUT2D eigenvalue weighted by molar-refractivity contribution is -0.144. The lowest BCUT2D eigenvalue weighted by atomic mass is 10.1. The summed E-state index contributed by atoms with van der Waals surface area (Å²) in [5.41, 5.74) is 5.62. The summed E-state index contributed by atoms with van der Waals surface area (Å²) in [5.74, 6) is -3.98. The molecule has 0 saturated carbocycles. The minimum Gasteiger partial charge on any atom is -0.481 e. The number of carboxylic acids is 2. The zero-order chi connectivity index (χ0) is 18.0. The number of hydrogen-bond donors (Lipinski definition) is 6. The molecule has 0 aliphatic carbocycles. The molecule has 0 saturated heterocycles. The molecular weight excluding hydrogens is 330 g/mol. The summed E-state index contributed by atoms with van der Waals surface area (Å²) in [4.78, 5) is 45.3. The molecule has 3 unspecified atom stereocenters. The van der Waals surface area contributed by atoms with Crippen LogP contribution in [0.4, 0.5) is 0 Å². The van der Waals surface area contributed by atoms with Crippen LogP contribution in [0.5, 0.6) is 0 Å². The Balaban J connectivity index is 4.86. The molecule has 0 radical (unpaired) electrons. The fourth-order valence-electron chi connectivity index (χ4n) is 1.50. The molecule has 10 nitrogen and oxygen atoms in total. The summed E-state index contributed by atoms with van der Waals surface area (Å²) in [7, 11) is 0. The maximum Gasteiger partial charge on any atom is 0.328 e. The summed E-state index contributed by atoms with van der Waals surface area (Å²) in [6.07, 6.45) is 1.42. The van der Waals surface area contributed by atoms with Crippen LogP contribution in [0, 0.1) is 0 Å². The van der Waals surface area contributed by atoms with E-state index in [1.54, 1.807) is 0 Å². The maximum atomic E-state index is 11.9. The van der Waals surface area contributed by atoms with Crippen LogP contribution >= 0.6 is 11.8 Å². The zero-order valence-corrected chi connectivity index (χ0v) is 13.3. The van der Waals surface area contributed by atoms with Gasteiger partial charge in [-0.3, -0.25) is 14.4 Å². The molecule has 0 aromatic rings. The largest absolute Gasteiger partial charge is 0.481 e. The SMILES string of the molecule is CSCCC(N)C(=O)NC(CC(=O)O)C(=O)NC(CO)C(=O)O. The third kappa shape index (κ3) is 8.38. The van der Waals surface area contributed by atoms with Crippen LogP contribution in [0.25, 0.3) is 0 Å². The Morgan fingerprint density at radius 2 is 1.65 bits per heavy atom. The van der Waals surface area contributed by atoms with Crippen molar-refractivity contribution in [3.05, 3.63) is 0 Å². The van der Waals surface area contributed by atoms with E-state index in [4.69, 9.17) is 21.1 Å². The highest BCUT2D eigenvalue weighted by Crippen LogP contribution is 2.01. The van der Waals surface area contributed by atoms with E-state index >= 15 is 0 Å². The molecule has 0 spiro atoms. The number of aliphatic hydroxyl groups is 1. The second-order valence-corrected chi connectivity index (χ2v) is 5.61. The standard InChI is InChI=1S/C12H21N3O7S/c1-23-3-2-6(13)10(19)14-7(4-9(17)18)11(20)15-8(5-16)12(21)22/h6-8,16H,2-5,13H2,1H3,(H,14,19)(H,15,20)(H,17,18)(H,21,22). The van der Waals surface area contributed by atoms with Gasteiger partial charge in [0.2, 0.25) is 11.8 Å². The molecule has 0 bridgehead atoms. The van der Waals surface area contributed by atoms with Crippen LogP contribution in [-0.2, 0) is 19.2 Å². The number of aliphatic carboxylic acids is 2. The van der Waals surface area contributed by atoms with Crippen molar-refractivity contribution < 1.29 is 34.5 Å². The number of aliphatic hydroxyl groups excluding tert-OH is 1. The van der Waals surface area contributed by atoms with Crippen molar-refractivity contribution in [2.75, 3.05) is 18.6 Å². The Labute approximate surface area is 136 Å². The summed E-state index contributed by atoms with van der Waals surface area (Å²) < 4.78 is 0. The molecule has 0 aliphatic heterocycles. The van der Waals surface area contributed by atoms with Crippen LogP contribution in [0.2, 0.25) is 0 Å². The van der Waals surface area contributed by atoms with Crippen molar-refractivity contribution in [2.45, 2.75) is 31.0 Å². The van der Waals surface area contributed by atoms with Gasteiger partial charge >= 0.3 is 11.9 Å². The summed E-state index contributed by atoms with van der Waals surface area (Å²) in [6, 6.07) is -4.01. The van der Waals surface area contributed by atoms with Gasteiger partial charge in [0.15, 0.2) is 0 Å². The number of amides is 2.